The van der Waals surface area contributed by atoms with Crippen molar-refractivity contribution in [2.24, 2.45) is 0 Å². The van der Waals surface area contributed by atoms with Crippen LogP contribution in [0.4, 0.5) is 33.6 Å². The molecule has 35 heavy (non-hydrogen) atoms. The highest BCUT2D eigenvalue weighted by Gasteiger charge is 2.15. The number of hydrogen-bond acceptors (Lipinski definition) is 6. The zero-order valence-electron chi connectivity index (χ0n) is 20.1. The van der Waals surface area contributed by atoms with E-state index in [2.05, 4.69) is 31.2 Å². The number of hydrogen-bond donors (Lipinski definition) is 4. The van der Waals surface area contributed by atoms with E-state index >= 15 is 0 Å². The number of nitrogens with zero attached hydrogens (tertiary/aromatic N) is 2. The van der Waals surface area contributed by atoms with Gasteiger partial charge in [-0.1, -0.05) is 19.3 Å². The highest BCUT2D eigenvalue weighted by molar-refractivity contribution is 6.00. The number of ether oxygens (including phenoxy) is 1. The van der Waals surface area contributed by atoms with Gasteiger partial charge in [0.15, 0.2) is 0 Å². The van der Waals surface area contributed by atoms with Crippen LogP contribution in [-0.4, -0.2) is 28.6 Å². The third kappa shape index (κ3) is 6.20. The van der Waals surface area contributed by atoms with Crippen LogP contribution >= 0.6 is 0 Å². The number of benzene rings is 2. The highest BCUT2D eigenvalue weighted by Crippen LogP contribution is 2.28. The van der Waals surface area contributed by atoms with E-state index in [0.717, 1.165) is 53.6 Å². The topological polar surface area (TPSA) is 100 Å². The van der Waals surface area contributed by atoms with Crippen LogP contribution in [0.3, 0.4) is 0 Å². The Morgan fingerprint density at radius 3 is 2.49 bits per heavy atom. The van der Waals surface area contributed by atoms with Crippen LogP contribution in [0.15, 0.2) is 48.5 Å². The average molecular weight is 475 g/mol. The number of anilines is 5. The predicted octanol–water partition coefficient (Wildman–Crippen LogP) is 6.49. The van der Waals surface area contributed by atoms with Gasteiger partial charge in [-0.15, -0.1) is 0 Å². The maximum absolute atomic E-state index is 12.5. The maximum Gasteiger partial charge on any atom is 0.323 e. The van der Waals surface area contributed by atoms with E-state index in [4.69, 9.17) is 4.74 Å². The Bertz CT molecular complexity index is 1180. The number of aryl methyl sites for hydroxylation is 2. The molecule has 2 aromatic carbocycles. The fourth-order valence-corrected chi connectivity index (χ4v) is 4.64. The molecule has 8 nitrogen and oxygen atoms in total. The number of carbonyl (C=O) groups excluding carboxylic acids is 1. The monoisotopic (exact) mass is 474 g/mol. The minimum atomic E-state index is -0.285. The largest absolute Gasteiger partial charge is 0.493 e. The lowest BCUT2D eigenvalue weighted by Gasteiger charge is -2.23. The summed E-state index contributed by atoms with van der Waals surface area (Å²) < 4.78 is 5.63. The summed E-state index contributed by atoms with van der Waals surface area (Å²) in [6.07, 6.45) is 8.13. The van der Waals surface area contributed by atoms with Gasteiger partial charge in [0, 0.05) is 36.3 Å². The Morgan fingerprint density at radius 2 is 1.66 bits per heavy atom. The van der Waals surface area contributed by atoms with Gasteiger partial charge in [-0.3, -0.25) is 0 Å². The molecule has 0 bridgehead atoms. The molecule has 1 aliphatic heterocycles. The second-order valence-corrected chi connectivity index (χ2v) is 9.25. The molecule has 3 aromatic rings. The molecule has 2 amide bonds. The summed E-state index contributed by atoms with van der Waals surface area (Å²) >= 11 is 0. The van der Waals surface area contributed by atoms with E-state index in [-0.39, 0.29) is 7.46 Å². The van der Waals surface area contributed by atoms with Crippen molar-refractivity contribution in [1.82, 2.24) is 9.97 Å². The lowest BCUT2D eigenvalue weighted by molar-refractivity contribution is 0.262. The quantitative estimate of drug-likeness (QED) is 0.326. The van der Waals surface area contributed by atoms with Crippen molar-refractivity contribution in [1.29, 1.82) is 0 Å². The van der Waals surface area contributed by atoms with Gasteiger partial charge in [0.2, 0.25) is 5.95 Å². The number of rotatable bonds is 6. The third-order valence-corrected chi connectivity index (χ3v) is 6.37. The van der Waals surface area contributed by atoms with Crippen molar-refractivity contribution in [2.45, 2.75) is 57.9 Å². The molecule has 1 saturated carbocycles. The van der Waals surface area contributed by atoms with E-state index < -0.39 is 0 Å². The zero-order chi connectivity index (χ0) is 24.0. The van der Waals surface area contributed by atoms with Crippen molar-refractivity contribution in [3.8, 4) is 5.75 Å². The fraction of sp³-hybridized carbons (Fsp3) is 0.370. The van der Waals surface area contributed by atoms with Crippen molar-refractivity contribution in [3.63, 3.8) is 0 Å². The molecule has 0 unspecified atom stereocenters. The molecule has 2 aliphatic rings. The Kier molecular flexibility index (Phi) is 6.97. The molecular formula is C27H34N6O2. The number of urea groups is 1. The van der Waals surface area contributed by atoms with Crippen molar-refractivity contribution >= 4 is 34.9 Å². The molecule has 1 aromatic heterocycles. The van der Waals surface area contributed by atoms with Crippen LogP contribution in [0.5, 0.6) is 5.75 Å². The summed E-state index contributed by atoms with van der Waals surface area (Å²) in [6.45, 7) is 2.72. The smallest absolute Gasteiger partial charge is 0.323 e. The summed E-state index contributed by atoms with van der Waals surface area (Å²) in [6, 6.07) is 15.4. The second kappa shape index (κ2) is 10.6. The molecule has 1 fully saturated rings. The molecule has 0 spiro atoms. The Balaban J connectivity index is 0.00000304. The summed E-state index contributed by atoms with van der Waals surface area (Å²) in [7, 11) is 0. The standard InChI is InChI=1S/C27H32N6O2.H2/c1-18-16-25(33-26(28-18)30-20-7-3-2-4-8-20)29-21-9-11-22(12-10-21)31-27(34)32-23-13-14-24-19(17-23)6-5-15-35-24;/h9-14,16-17,20H,2-8,15H2,1H3,(H2,31,32,34)(H2,28,29,30,33);1H. The summed E-state index contributed by atoms with van der Waals surface area (Å²) in [5.74, 6) is 2.31. The molecule has 5 rings (SSSR count). The molecular weight excluding hydrogens is 440 g/mol. The Labute approximate surface area is 207 Å². The lowest BCUT2D eigenvalue weighted by atomic mass is 9.96. The van der Waals surface area contributed by atoms with Crippen LogP contribution in [-0.2, 0) is 6.42 Å². The Hall–Kier alpha value is -3.81. The molecule has 2 heterocycles. The van der Waals surface area contributed by atoms with Gasteiger partial charge in [-0.05, 0) is 80.6 Å². The first kappa shape index (κ1) is 23.0. The minimum Gasteiger partial charge on any atom is -0.493 e. The molecule has 0 saturated heterocycles. The maximum atomic E-state index is 12.5. The summed E-state index contributed by atoms with van der Waals surface area (Å²) in [5, 5.41) is 12.6. The molecule has 8 heteroatoms. The fourth-order valence-electron chi connectivity index (χ4n) is 4.64. The van der Waals surface area contributed by atoms with Crippen LogP contribution in [0, 0.1) is 6.92 Å². The van der Waals surface area contributed by atoms with Crippen LogP contribution in [0.2, 0.25) is 0 Å². The minimum absolute atomic E-state index is 0. The van der Waals surface area contributed by atoms with Crippen molar-refractivity contribution < 1.29 is 11.0 Å². The number of fused-ring (bicyclic) bond motifs is 1. The van der Waals surface area contributed by atoms with Crippen molar-refractivity contribution in [3.05, 3.63) is 59.8 Å². The number of amides is 2. The number of aromatic nitrogens is 2. The van der Waals surface area contributed by atoms with E-state index in [1.807, 2.05) is 55.5 Å². The summed E-state index contributed by atoms with van der Waals surface area (Å²) in [5.41, 5.74) is 4.37. The first-order valence-electron chi connectivity index (χ1n) is 12.4. The van der Waals surface area contributed by atoms with E-state index in [9.17, 15) is 4.79 Å². The normalized spacial score (nSPS) is 15.5. The zero-order valence-corrected chi connectivity index (χ0v) is 20.1. The molecule has 0 atom stereocenters. The van der Waals surface area contributed by atoms with E-state index in [0.29, 0.717) is 17.7 Å². The second-order valence-electron chi connectivity index (χ2n) is 9.25. The number of nitrogens with one attached hydrogen (secondary N) is 4. The van der Waals surface area contributed by atoms with Crippen LogP contribution in [0.1, 0.15) is 51.2 Å². The third-order valence-electron chi connectivity index (χ3n) is 6.37. The van der Waals surface area contributed by atoms with E-state index in [1.165, 1.54) is 32.1 Å². The average Bonchev–Trinajstić information content (AvgIpc) is 2.85. The highest BCUT2D eigenvalue weighted by atomic mass is 16.5. The van der Waals surface area contributed by atoms with Gasteiger partial charge in [-0.2, -0.15) is 4.98 Å². The van der Waals surface area contributed by atoms with Crippen LogP contribution in [0.25, 0.3) is 0 Å². The first-order chi connectivity index (χ1) is 17.1. The Morgan fingerprint density at radius 1 is 0.914 bits per heavy atom. The van der Waals surface area contributed by atoms with Gasteiger partial charge >= 0.3 is 6.03 Å². The summed E-state index contributed by atoms with van der Waals surface area (Å²) in [4.78, 5) is 21.7. The van der Waals surface area contributed by atoms with Gasteiger partial charge in [0.05, 0.1) is 6.61 Å². The molecule has 4 N–H and O–H groups in total. The predicted molar refractivity (Wildman–Crippen MR) is 142 cm³/mol. The van der Waals surface area contributed by atoms with Gasteiger partial charge in [0.1, 0.15) is 11.6 Å². The SMILES string of the molecule is Cc1cc(Nc2ccc(NC(=O)Nc3ccc4c(c3)CCCO4)cc2)nc(NC2CCCCC2)n1.[HH]. The van der Waals surface area contributed by atoms with Gasteiger partial charge in [-0.25, -0.2) is 9.78 Å². The lowest BCUT2D eigenvalue weighted by Crippen LogP contribution is -2.23. The van der Waals surface area contributed by atoms with Crippen LogP contribution < -0.4 is 26.0 Å². The van der Waals surface area contributed by atoms with Crippen molar-refractivity contribution in [2.75, 3.05) is 27.9 Å². The first-order valence-corrected chi connectivity index (χ1v) is 12.4. The molecule has 0 radical (unpaired) electrons. The molecule has 184 valence electrons. The van der Waals surface area contributed by atoms with Gasteiger partial charge < -0.3 is 26.0 Å². The van der Waals surface area contributed by atoms with E-state index in [1.54, 1.807) is 0 Å². The molecule has 1 aliphatic carbocycles. The number of carbonyl (C=O) groups is 1. The van der Waals surface area contributed by atoms with Gasteiger partial charge in [0.25, 0.3) is 0 Å².